The predicted molar refractivity (Wildman–Crippen MR) is 114 cm³/mol. The minimum Gasteiger partial charge on any atom is -0.493 e. The van der Waals surface area contributed by atoms with E-state index in [2.05, 4.69) is 5.32 Å². The van der Waals surface area contributed by atoms with E-state index in [-0.39, 0.29) is 13.0 Å². The van der Waals surface area contributed by atoms with Gasteiger partial charge in [-0.3, -0.25) is 9.10 Å². The molecule has 0 bridgehead atoms. The summed E-state index contributed by atoms with van der Waals surface area (Å²) in [6.07, 6.45) is 1.36. The summed E-state index contributed by atoms with van der Waals surface area (Å²) >= 11 is 6.02. The second-order valence-electron chi connectivity index (χ2n) is 6.37. The number of methoxy groups -OCH3 is 2. The number of nitrogens with zero attached hydrogens (tertiary/aromatic N) is 1. The molecule has 0 aromatic heterocycles. The molecule has 0 spiro atoms. The quantitative estimate of drug-likeness (QED) is 0.647. The standard InChI is InChI=1S/C20H25ClN2O5S/c1-5-17(23(29(4,25)26)16-8-6-7-15(21)12-16)20(24)22-13-14-9-10-18(27-2)19(11-14)28-3/h6-12,17H,5,13H2,1-4H3,(H,22,24)/t17-/m0/s1. The Bertz CT molecular complexity index is 965. The molecule has 7 nitrogen and oxygen atoms in total. The van der Waals surface area contributed by atoms with Crippen molar-refractivity contribution in [2.75, 3.05) is 24.8 Å². The first-order chi connectivity index (χ1) is 13.7. The number of nitrogens with one attached hydrogen (secondary N) is 1. The van der Waals surface area contributed by atoms with Crippen molar-refractivity contribution in [1.82, 2.24) is 5.32 Å². The summed E-state index contributed by atoms with van der Waals surface area (Å²) in [4.78, 5) is 12.9. The Labute approximate surface area is 176 Å². The Kier molecular flexibility index (Phi) is 7.75. The van der Waals surface area contributed by atoms with Gasteiger partial charge in [-0.05, 0) is 42.3 Å². The van der Waals surface area contributed by atoms with Gasteiger partial charge in [-0.2, -0.15) is 0 Å². The molecular formula is C20H25ClN2O5S. The molecule has 1 N–H and O–H groups in total. The van der Waals surface area contributed by atoms with Crippen molar-refractivity contribution in [3.05, 3.63) is 53.1 Å². The molecule has 0 radical (unpaired) electrons. The number of rotatable bonds is 9. The molecule has 0 heterocycles. The van der Waals surface area contributed by atoms with Crippen molar-refractivity contribution in [3.8, 4) is 11.5 Å². The fraction of sp³-hybridized carbons (Fsp3) is 0.350. The third kappa shape index (κ3) is 5.77. The molecule has 158 valence electrons. The lowest BCUT2D eigenvalue weighted by atomic mass is 10.1. The molecule has 0 saturated heterocycles. The van der Waals surface area contributed by atoms with E-state index in [9.17, 15) is 13.2 Å². The van der Waals surface area contributed by atoms with Gasteiger partial charge < -0.3 is 14.8 Å². The van der Waals surface area contributed by atoms with Gasteiger partial charge in [0.05, 0.1) is 26.2 Å². The lowest BCUT2D eigenvalue weighted by Gasteiger charge is -2.30. The van der Waals surface area contributed by atoms with E-state index in [4.69, 9.17) is 21.1 Å². The highest BCUT2D eigenvalue weighted by atomic mass is 35.5. The van der Waals surface area contributed by atoms with E-state index < -0.39 is 22.0 Å². The van der Waals surface area contributed by atoms with Gasteiger partial charge in [-0.25, -0.2) is 8.42 Å². The van der Waals surface area contributed by atoms with Crippen molar-refractivity contribution in [2.24, 2.45) is 0 Å². The van der Waals surface area contributed by atoms with Crippen molar-refractivity contribution in [2.45, 2.75) is 25.9 Å². The second-order valence-corrected chi connectivity index (χ2v) is 8.67. The fourth-order valence-corrected chi connectivity index (χ4v) is 4.36. The molecule has 0 unspecified atom stereocenters. The van der Waals surface area contributed by atoms with Crippen molar-refractivity contribution in [3.63, 3.8) is 0 Å². The van der Waals surface area contributed by atoms with Gasteiger partial charge in [-0.15, -0.1) is 0 Å². The number of sulfonamides is 1. The number of amides is 1. The third-order valence-electron chi connectivity index (χ3n) is 4.31. The Morgan fingerprint density at radius 1 is 1.14 bits per heavy atom. The zero-order valence-electron chi connectivity index (χ0n) is 16.8. The highest BCUT2D eigenvalue weighted by Gasteiger charge is 2.31. The topological polar surface area (TPSA) is 84.9 Å². The van der Waals surface area contributed by atoms with Gasteiger partial charge in [0, 0.05) is 11.6 Å². The van der Waals surface area contributed by atoms with Gasteiger partial charge in [0.1, 0.15) is 6.04 Å². The van der Waals surface area contributed by atoms with Gasteiger partial charge >= 0.3 is 0 Å². The Balaban J connectivity index is 2.24. The first kappa shape index (κ1) is 22.8. The molecule has 9 heteroatoms. The monoisotopic (exact) mass is 440 g/mol. The zero-order chi connectivity index (χ0) is 21.6. The number of carbonyl (C=O) groups is 1. The minimum absolute atomic E-state index is 0.211. The van der Waals surface area contributed by atoms with Crippen LogP contribution in [0.15, 0.2) is 42.5 Å². The highest BCUT2D eigenvalue weighted by Crippen LogP contribution is 2.28. The predicted octanol–water partition coefficient (Wildman–Crippen LogP) is 3.22. The maximum atomic E-state index is 12.9. The van der Waals surface area contributed by atoms with Crippen LogP contribution in [0.25, 0.3) is 0 Å². The molecule has 0 aliphatic rings. The number of anilines is 1. The van der Waals surface area contributed by atoms with E-state index >= 15 is 0 Å². The first-order valence-electron chi connectivity index (χ1n) is 8.94. The molecule has 0 aliphatic carbocycles. The van der Waals surface area contributed by atoms with Crippen molar-refractivity contribution >= 4 is 33.2 Å². The van der Waals surface area contributed by atoms with Gasteiger partial charge in [0.15, 0.2) is 11.5 Å². The fourth-order valence-electron chi connectivity index (χ4n) is 2.97. The highest BCUT2D eigenvalue weighted by molar-refractivity contribution is 7.92. The van der Waals surface area contributed by atoms with Crippen LogP contribution < -0.4 is 19.1 Å². The lowest BCUT2D eigenvalue weighted by Crippen LogP contribution is -2.49. The molecular weight excluding hydrogens is 416 g/mol. The minimum atomic E-state index is -3.72. The maximum absolute atomic E-state index is 12.9. The summed E-state index contributed by atoms with van der Waals surface area (Å²) in [7, 11) is -0.644. The number of carbonyl (C=O) groups excluding carboxylic acids is 1. The van der Waals surface area contributed by atoms with Gasteiger partial charge in [0.2, 0.25) is 15.9 Å². The van der Waals surface area contributed by atoms with Crippen molar-refractivity contribution in [1.29, 1.82) is 0 Å². The molecule has 0 aliphatic heterocycles. The molecule has 0 fully saturated rings. The summed E-state index contributed by atoms with van der Waals surface area (Å²) in [6, 6.07) is 10.8. The van der Waals surface area contributed by atoms with Crippen LogP contribution >= 0.6 is 11.6 Å². The second kappa shape index (κ2) is 9.84. The van der Waals surface area contributed by atoms with E-state index in [1.54, 1.807) is 50.4 Å². The lowest BCUT2D eigenvalue weighted by molar-refractivity contribution is -0.122. The van der Waals surface area contributed by atoms with Gasteiger partial charge in [-0.1, -0.05) is 30.7 Å². The summed E-state index contributed by atoms with van der Waals surface area (Å²) in [5, 5.41) is 3.19. The van der Waals surface area contributed by atoms with Crippen LogP contribution in [0.5, 0.6) is 11.5 Å². The molecule has 1 amide bonds. The van der Waals surface area contributed by atoms with Crippen molar-refractivity contribution < 1.29 is 22.7 Å². The van der Waals surface area contributed by atoms with E-state index in [1.807, 2.05) is 0 Å². The number of hydrogen-bond acceptors (Lipinski definition) is 5. The van der Waals surface area contributed by atoms with E-state index in [0.29, 0.717) is 22.2 Å². The molecule has 2 aromatic carbocycles. The zero-order valence-corrected chi connectivity index (χ0v) is 18.4. The molecule has 0 saturated carbocycles. The summed E-state index contributed by atoms with van der Waals surface area (Å²) in [5.41, 5.74) is 1.13. The number of ether oxygens (including phenoxy) is 2. The average Bonchev–Trinajstić information content (AvgIpc) is 2.68. The molecule has 1 atom stereocenters. The van der Waals surface area contributed by atoms with Crippen LogP contribution in [0.4, 0.5) is 5.69 Å². The summed E-state index contributed by atoms with van der Waals surface area (Å²) < 4.78 is 36.5. The van der Waals surface area contributed by atoms with Gasteiger partial charge in [0.25, 0.3) is 0 Å². The smallest absolute Gasteiger partial charge is 0.244 e. The molecule has 29 heavy (non-hydrogen) atoms. The number of benzene rings is 2. The third-order valence-corrected chi connectivity index (χ3v) is 5.72. The Hall–Kier alpha value is -2.45. The van der Waals surface area contributed by atoms with E-state index in [0.717, 1.165) is 16.1 Å². The summed E-state index contributed by atoms with van der Waals surface area (Å²) in [5.74, 6) is 0.717. The van der Waals surface area contributed by atoms with Crippen LogP contribution in [-0.2, 0) is 21.4 Å². The molecule has 2 aromatic rings. The Morgan fingerprint density at radius 2 is 1.83 bits per heavy atom. The molecule has 2 rings (SSSR count). The SMILES string of the molecule is CC[C@@H](C(=O)NCc1ccc(OC)c(OC)c1)N(c1cccc(Cl)c1)S(C)(=O)=O. The summed E-state index contributed by atoms with van der Waals surface area (Å²) in [6.45, 7) is 1.96. The van der Waals surface area contributed by atoms with Crippen LogP contribution in [0.1, 0.15) is 18.9 Å². The van der Waals surface area contributed by atoms with E-state index in [1.165, 1.54) is 13.2 Å². The van der Waals surface area contributed by atoms with Crippen LogP contribution in [0.2, 0.25) is 5.02 Å². The largest absolute Gasteiger partial charge is 0.493 e. The first-order valence-corrected chi connectivity index (χ1v) is 11.2. The van der Waals surface area contributed by atoms with Crippen LogP contribution in [0.3, 0.4) is 0 Å². The van der Waals surface area contributed by atoms with Crippen LogP contribution in [0, 0.1) is 0 Å². The Morgan fingerprint density at radius 3 is 2.38 bits per heavy atom. The maximum Gasteiger partial charge on any atom is 0.244 e. The number of hydrogen-bond donors (Lipinski definition) is 1. The average molecular weight is 441 g/mol. The number of halogens is 1. The van der Waals surface area contributed by atoms with Crippen LogP contribution in [-0.4, -0.2) is 40.8 Å². The normalized spacial score (nSPS) is 12.2.